The van der Waals surface area contributed by atoms with Gasteiger partial charge in [0.25, 0.3) is 0 Å². The highest BCUT2D eigenvalue weighted by Crippen LogP contribution is 2.31. The number of hydrogen-bond acceptors (Lipinski definition) is 3. The predicted molar refractivity (Wildman–Crippen MR) is 86.9 cm³/mol. The van der Waals surface area contributed by atoms with Gasteiger partial charge in [-0.25, -0.2) is 8.42 Å². The molecule has 1 aliphatic rings. The molecule has 1 aliphatic heterocycles. The largest absolute Gasteiger partial charge is 0.382 e. The standard InChI is InChI=1S/C15H16BrNO2S/c16-14-5-6-15(13-4-2-1-3-12(13)14)17-11-7-9-20(18,19)10-8-11/h1-6,11,17H,7-10H2. The molecule has 0 atom stereocenters. The molecule has 1 heterocycles. The quantitative estimate of drug-likeness (QED) is 0.897. The molecule has 1 saturated heterocycles. The maximum atomic E-state index is 11.5. The molecule has 3 nitrogen and oxygen atoms in total. The molecule has 1 N–H and O–H groups in total. The highest BCUT2D eigenvalue weighted by atomic mass is 79.9. The summed E-state index contributed by atoms with van der Waals surface area (Å²) in [4.78, 5) is 0. The average molecular weight is 354 g/mol. The third-order valence-corrected chi connectivity index (χ3v) is 6.19. The molecule has 106 valence electrons. The van der Waals surface area contributed by atoms with Gasteiger partial charge in [0.15, 0.2) is 0 Å². The zero-order chi connectivity index (χ0) is 14.2. The first-order valence-corrected chi connectivity index (χ1v) is 9.31. The Morgan fingerprint density at radius 1 is 1.00 bits per heavy atom. The first-order valence-electron chi connectivity index (χ1n) is 6.69. The van der Waals surface area contributed by atoms with Crippen molar-refractivity contribution in [1.82, 2.24) is 0 Å². The van der Waals surface area contributed by atoms with Crippen molar-refractivity contribution >= 4 is 42.2 Å². The van der Waals surface area contributed by atoms with Crippen molar-refractivity contribution in [2.24, 2.45) is 0 Å². The number of benzene rings is 2. The van der Waals surface area contributed by atoms with Gasteiger partial charge in [-0.15, -0.1) is 0 Å². The van der Waals surface area contributed by atoms with E-state index in [0.29, 0.717) is 24.3 Å². The molecule has 0 amide bonds. The molecule has 0 unspecified atom stereocenters. The molecule has 3 rings (SSSR count). The number of anilines is 1. The zero-order valence-corrected chi connectivity index (χ0v) is 13.4. The van der Waals surface area contributed by atoms with E-state index in [9.17, 15) is 8.42 Å². The minimum absolute atomic E-state index is 0.239. The number of fused-ring (bicyclic) bond motifs is 1. The maximum Gasteiger partial charge on any atom is 0.150 e. The second-order valence-corrected chi connectivity index (χ2v) is 8.37. The normalized spacial score (nSPS) is 19.1. The van der Waals surface area contributed by atoms with Gasteiger partial charge in [-0.1, -0.05) is 40.2 Å². The van der Waals surface area contributed by atoms with Crippen LogP contribution in [0.2, 0.25) is 0 Å². The molecular formula is C15H16BrNO2S. The summed E-state index contributed by atoms with van der Waals surface area (Å²) in [5.74, 6) is 0.582. The maximum absolute atomic E-state index is 11.5. The number of rotatable bonds is 2. The van der Waals surface area contributed by atoms with Gasteiger partial charge in [0.2, 0.25) is 0 Å². The van der Waals surface area contributed by atoms with Gasteiger partial charge in [-0.2, -0.15) is 0 Å². The minimum atomic E-state index is -2.80. The molecular weight excluding hydrogens is 338 g/mol. The van der Waals surface area contributed by atoms with Gasteiger partial charge in [0.1, 0.15) is 9.84 Å². The Hall–Kier alpha value is -1.07. The van der Waals surface area contributed by atoms with Crippen molar-refractivity contribution in [2.45, 2.75) is 18.9 Å². The van der Waals surface area contributed by atoms with Gasteiger partial charge in [0, 0.05) is 21.6 Å². The van der Waals surface area contributed by atoms with E-state index in [-0.39, 0.29) is 6.04 Å². The van der Waals surface area contributed by atoms with Crippen LogP contribution < -0.4 is 5.32 Å². The third kappa shape index (κ3) is 2.83. The van der Waals surface area contributed by atoms with E-state index >= 15 is 0 Å². The van der Waals surface area contributed by atoms with Gasteiger partial charge >= 0.3 is 0 Å². The van der Waals surface area contributed by atoms with Crippen molar-refractivity contribution in [3.8, 4) is 0 Å². The number of nitrogens with one attached hydrogen (secondary N) is 1. The molecule has 0 aliphatic carbocycles. The second kappa shape index (κ2) is 5.37. The van der Waals surface area contributed by atoms with Gasteiger partial charge in [-0.05, 0) is 30.4 Å². The molecule has 2 aromatic rings. The lowest BCUT2D eigenvalue weighted by Crippen LogP contribution is -2.32. The summed E-state index contributed by atoms with van der Waals surface area (Å²) in [6.45, 7) is 0. The van der Waals surface area contributed by atoms with E-state index in [2.05, 4.69) is 39.4 Å². The lowest BCUT2D eigenvalue weighted by Gasteiger charge is -2.25. The van der Waals surface area contributed by atoms with Crippen LogP contribution in [0.4, 0.5) is 5.69 Å². The monoisotopic (exact) mass is 353 g/mol. The molecule has 0 bridgehead atoms. The van der Waals surface area contributed by atoms with E-state index in [1.54, 1.807) is 0 Å². The summed E-state index contributed by atoms with van der Waals surface area (Å²) in [6.07, 6.45) is 1.37. The summed E-state index contributed by atoms with van der Waals surface area (Å²) in [7, 11) is -2.80. The molecule has 2 aromatic carbocycles. The topological polar surface area (TPSA) is 46.2 Å². The van der Waals surface area contributed by atoms with Crippen LogP contribution in [0, 0.1) is 0 Å². The Balaban J connectivity index is 1.87. The predicted octanol–water partition coefficient (Wildman–Crippen LogP) is 3.59. The van der Waals surface area contributed by atoms with Crippen molar-refractivity contribution in [3.05, 3.63) is 40.9 Å². The summed E-state index contributed by atoms with van der Waals surface area (Å²) in [5, 5.41) is 5.83. The molecule has 0 radical (unpaired) electrons. The summed E-state index contributed by atoms with van der Waals surface area (Å²) in [5.41, 5.74) is 1.08. The second-order valence-electron chi connectivity index (χ2n) is 5.21. The van der Waals surface area contributed by atoms with Gasteiger partial charge < -0.3 is 5.32 Å². The number of sulfone groups is 1. The molecule has 0 aromatic heterocycles. The summed E-state index contributed by atoms with van der Waals surface area (Å²) >= 11 is 3.56. The molecule has 20 heavy (non-hydrogen) atoms. The molecule has 5 heteroatoms. The van der Waals surface area contributed by atoms with Crippen LogP contribution in [0.1, 0.15) is 12.8 Å². The zero-order valence-electron chi connectivity index (χ0n) is 11.0. The first-order chi connectivity index (χ1) is 9.55. The van der Waals surface area contributed by atoms with E-state index < -0.39 is 9.84 Å². The van der Waals surface area contributed by atoms with E-state index in [1.807, 2.05) is 18.2 Å². The van der Waals surface area contributed by atoms with Crippen LogP contribution in [0.3, 0.4) is 0 Å². The Kier molecular flexibility index (Phi) is 3.73. The van der Waals surface area contributed by atoms with E-state index in [1.165, 1.54) is 5.39 Å². The van der Waals surface area contributed by atoms with Crippen LogP contribution in [0.15, 0.2) is 40.9 Å². The fourth-order valence-corrected chi connectivity index (χ4v) is 4.61. The van der Waals surface area contributed by atoms with Crippen LogP contribution in [0.25, 0.3) is 10.8 Å². The molecule has 1 fully saturated rings. The van der Waals surface area contributed by atoms with Crippen molar-refractivity contribution in [2.75, 3.05) is 16.8 Å². The lowest BCUT2D eigenvalue weighted by atomic mass is 10.1. The Morgan fingerprint density at radius 3 is 2.35 bits per heavy atom. The van der Waals surface area contributed by atoms with Crippen LogP contribution >= 0.6 is 15.9 Å². The minimum Gasteiger partial charge on any atom is -0.382 e. The molecule has 0 spiro atoms. The van der Waals surface area contributed by atoms with Crippen molar-refractivity contribution in [1.29, 1.82) is 0 Å². The van der Waals surface area contributed by atoms with Crippen LogP contribution in [-0.4, -0.2) is 26.0 Å². The van der Waals surface area contributed by atoms with Gasteiger partial charge in [-0.3, -0.25) is 0 Å². The third-order valence-electron chi connectivity index (χ3n) is 3.79. The number of halogens is 1. The highest BCUT2D eigenvalue weighted by Gasteiger charge is 2.23. The number of hydrogen-bond donors (Lipinski definition) is 1. The van der Waals surface area contributed by atoms with E-state index in [0.717, 1.165) is 15.5 Å². The van der Waals surface area contributed by atoms with E-state index in [4.69, 9.17) is 0 Å². The van der Waals surface area contributed by atoms with Gasteiger partial charge in [0.05, 0.1) is 11.5 Å². The first kappa shape index (κ1) is 13.9. The lowest BCUT2D eigenvalue weighted by molar-refractivity contribution is 0.560. The average Bonchev–Trinajstić information content (AvgIpc) is 2.44. The van der Waals surface area contributed by atoms with Crippen molar-refractivity contribution in [3.63, 3.8) is 0 Å². The summed E-state index contributed by atoms with van der Waals surface area (Å²) < 4.78 is 24.0. The summed E-state index contributed by atoms with van der Waals surface area (Å²) in [6, 6.07) is 12.5. The SMILES string of the molecule is O=S1(=O)CCC(Nc2ccc(Br)c3ccccc23)CC1. The Labute approximate surface area is 127 Å². The Bertz CT molecular complexity index is 729. The highest BCUT2D eigenvalue weighted by molar-refractivity contribution is 9.10. The van der Waals surface area contributed by atoms with Crippen LogP contribution in [0.5, 0.6) is 0 Å². The smallest absolute Gasteiger partial charge is 0.150 e. The molecule has 0 saturated carbocycles. The Morgan fingerprint density at radius 2 is 1.65 bits per heavy atom. The fraction of sp³-hybridized carbons (Fsp3) is 0.333. The van der Waals surface area contributed by atoms with Crippen LogP contribution in [-0.2, 0) is 9.84 Å². The van der Waals surface area contributed by atoms with Crippen molar-refractivity contribution < 1.29 is 8.42 Å². The fourth-order valence-electron chi connectivity index (χ4n) is 2.64.